The molecule has 4 nitrogen and oxygen atoms in total. The first-order valence-electron chi connectivity index (χ1n) is 14.3. The quantitative estimate of drug-likeness (QED) is 0.327. The molecule has 0 amide bonds. The van der Waals surface area contributed by atoms with Crippen molar-refractivity contribution in [1.82, 2.24) is 0 Å². The topological polar surface area (TPSA) is 55.8 Å². The molecule has 6 rings (SSSR count). The van der Waals surface area contributed by atoms with E-state index in [4.69, 9.17) is 9.47 Å². The Kier molecular flexibility index (Phi) is 6.32. The summed E-state index contributed by atoms with van der Waals surface area (Å²) in [5.41, 5.74) is 5.99. The molecule has 0 bridgehead atoms. The Morgan fingerprint density at radius 2 is 1.75 bits per heavy atom. The van der Waals surface area contributed by atoms with Gasteiger partial charge in [0.2, 0.25) is 0 Å². The van der Waals surface area contributed by atoms with Gasteiger partial charge in [-0.1, -0.05) is 38.1 Å². The summed E-state index contributed by atoms with van der Waals surface area (Å²) >= 11 is 0. The number of allylic oxidation sites excluding steroid dienone is 2. The van der Waals surface area contributed by atoms with E-state index < -0.39 is 11.4 Å². The van der Waals surface area contributed by atoms with Crippen LogP contribution in [0.2, 0.25) is 0 Å². The van der Waals surface area contributed by atoms with E-state index in [1.165, 1.54) is 17.2 Å². The molecule has 0 aromatic heterocycles. The molecule has 1 saturated carbocycles. The van der Waals surface area contributed by atoms with Crippen molar-refractivity contribution in [1.29, 1.82) is 0 Å². The van der Waals surface area contributed by atoms with E-state index in [9.17, 15) is 9.90 Å². The van der Waals surface area contributed by atoms with Crippen LogP contribution in [0.1, 0.15) is 75.1 Å². The first-order chi connectivity index (χ1) is 19.1. The lowest BCUT2D eigenvalue weighted by molar-refractivity contribution is -0.143. The number of ether oxygens (including phenoxy) is 2. The summed E-state index contributed by atoms with van der Waals surface area (Å²) in [6.07, 6.45) is 7.91. The minimum atomic E-state index is -0.712. The highest BCUT2D eigenvalue weighted by molar-refractivity contribution is 5.85. The predicted octanol–water partition coefficient (Wildman–Crippen LogP) is 8.35. The number of carboxylic acid groups (broad SMARTS) is 1. The molecule has 3 aliphatic rings. The Balaban J connectivity index is 1.32. The highest BCUT2D eigenvalue weighted by Crippen LogP contribution is 2.69. The Morgan fingerprint density at radius 1 is 0.950 bits per heavy atom. The van der Waals surface area contributed by atoms with Crippen LogP contribution in [0.25, 0.3) is 16.7 Å². The summed E-state index contributed by atoms with van der Waals surface area (Å²) in [6, 6.07) is 17.2. The number of halogens is 1. The molecular weight excluding hydrogens is 503 g/mol. The van der Waals surface area contributed by atoms with Gasteiger partial charge in [-0.2, -0.15) is 0 Å². The fraction of sp³-hybridized carbons (Fsp3) is 0.400. The predicted molar refractivity (Wildman–Crippen MR) is 155 cm³/mol. The lowest BCUT2D eigenvalue weighted by Crippen LogP contribution is -2.27. The van der Waals surface area contributed by atoms with Crippen molar-refractivity contribution in [3.8, 4) is 22.6 Å². The van der Waals surface area contributed by atoms with Gasteiger partial charge in [0.05, 0.1) is 12.5 Å². The molecule has 3 aromatic carbocycles. The van der Waals surface area contributed by atoms with Gasteiger partial charge in [-0.15, -0.1) is 0 Å². The number of carbonyl (C=O) groups is 1. The normalized spacial score (nSPS) is 24.4. The number of aryl methyl sites for hydroxylation is 1. The third-order valence-corrected chi connectivity index (χ3v) is 9.80. The Morgan fingerprint density at radius 3 is 2.45 bits per heavy atom. The Hall–Kier alpha value is -3.60. The first-order valence-corrected chi connectivity index (χ1v) is 14.3. The minimum Gasteiger partial charge on any atom is -0.497 e. The molecule has 2 atom stereocenters. The zero-order chi connectivity index (χ0) is 28.3. The van der Waals surface area contributed by atoms with Crippen molar-refractivity contribution in [3.63, 3.8) is 0 Å². The maximum atomic E-state index is 15.1. The Labute approximate surface area is 235 Å². The third kappa shape index (κ3) is 4.22. The van der Waals surface area contributed by atoms with E-state index in [0.29, 0.717) is 24.3 Å². The average Bonchev–Trinajstić information content (AvgIpc) is 3.38. The molecule has 3 aliphatic carbocycles. The molecule has 1 N–H and O–H groups in total. The second kappa shape index (κ2) is 9.50. The van der Waals surface area contributed by atoms with Gasteiger partial charge in [-0.3, -0.25) is 4.79 Å². The van der Waals surface area contributed by atoms with Crippen molar-refractivity contribution in [2.45, 2.75) is 71.3 Å². The van der Waals surface area contributed by atoms with E-state index in [1.54, 1.807) is 19.2 Å². The zero-order valence-electron chi connectivity index (χ0n) is 23.8. The van der Waals surface area contributed by atoms with E-state index in [1.807, 2.05) is 25.1 Å². The number of aliphatic carboxylic acids is 1. The van der Waals surface area contributed by atoms with Crippen LogP contribution in [0.15, 0.2) is 60.7 Å². The number of methoxy groups -OCH3 is 1. The molecule has 208 valence electrons. The van der Waals surface area contributed by atoms with Crippen molar-refractivity contribution in [3.05, 3.63) is 88.7 Å². The average molecular weight is 541 g/mol. The highest BCUT2D eigenvalue weighted by atomic mass is 19.1. The molecular formula is C35H37FO4. The van der Waals surface area contributed by atoms with Gasteiger partial charge in [-0.25, -0.2) is 4.39 Å². The van der Waals surface area contributed by atoms with Gasteiger partial charge in [0.25, 0.3) is 0 Å². The van der Waals surface area contributed by atoms with E-state index in [2.05, 4.69) is 38.1 Å². The van der Waals surface area contributed by atoms with Crippen molar-refractivity contribution >= 4 is 11.5 Å². The third-order valence-electron chi connectivity index (χ3n) is 9.80. The molecule has 0 unspecified atom stereocenters. The van der Waals surface area contributed by atoms with E-state index in [-0.39, 0.29) is 16.6 Å². The van der Waals surface area contributed by atoms with E-state index >= 15 is 4.39 Å². The largest absolute Gasteiger partial charge is 0.497 e. The van der Waals surface area contributed by atoms with Crippen LogP contribution < -0.4 is 9.47 Å². The zero-order valence-corrected chi connectivity index (χ0v) is 23.8. The number of benzene rings is 3. The standard InChI is InChI=1S/C35H37FO4/c1-33(2)15-6-8-29(33)27-17-22(9-13-26(27)28-18-24(39-4)12-14-31(28)36)20-40-25-11-10-23-7-5-16-35(30(23)19-25)21-34(35,3)32(37)38/h8-14,17-19H,5-7,15-16,20-21H2,1-4H3,(H,37,38)/t34-,35-/m1/s1. The molecule has 40 heavy (non-hydrogen) atoms. The van der Waals surface area contributed by atoms with Gasteiger partial charge >= 0.3 is 5.97 Å². The van der Waals surface area contributed by atoms with Crippen molar-refractivity contribution in [2.24, 2.45) is 10.8 Å². The summed E-state index contributed by atoms with van der Waals surface area (Å²) in [4.78, 5) is 12.1. The number of hydrogen-bond donors (Lipinski definition) is 1. The molecule has 5 heteroatoms. The van der Waals surface area contributed by atoms with Gasteiger partial charge in [0.15, 0.2) is 0 Å². The Bertz CT molecular complexity index is 1540. The summed E-state index contributed by atoms with van der Waals surface area (Å²) in [5, 5.41) is 9.91. The maximum absolute atomic E-state index is 15.1. The summed E-state index contributed by atoms with van der Waals surface area (Å²) in [7, 11) is 1.59. The van der Waals surface area contributed by atoms with Crippen LogP contribution in [0.3, 0.4) is 0 Å². The van der Waals surface area contributed by atoms with Crippen molar-refractivity contribution < 1.29 is 23.8 Å². The first kappa shape index (κ1) is 26.6. The number of rotatable bonds is 7. The van der Waals surface area contributed by atoms with Crippen LogP contribution in [-0.4, -0.2) is 18.2 Å². The maximum Gasteiger partial charge on any atom is 0.310 e. The molecule has 0 aliphatic heterocycles. The number of hydrogen-bond acceptors (Lipinski definition) is 3. The SMILES string of the molecule is COc1ccc(F)c(-c2ccc(COc3ccc4c(c3)[C@@]3(CCC4)C[C@]3(C)C(=O)O)cc2C2=CCCC2(C)C)c1. The van der Waals surface area contributed by atoms with Crippen LogP contribution in [-0.2, 0) is 23.2 Å². The minimum absolute atomic E-state index is 0.0164. The lowest BCUT2D eigenvalue weighted by atomic mass is 9.75. The number of fused-ring (bicyclic) bond motifs is 2. The molecule has 0 saturated heterocycles. The monoisotopic (exact) mass is 540 g/mol. The van der Waals surface area contributed by atoms with E-state index in [0.717, 1.165) is 60.1 Å². The van der Waals surface area contributed by atoms with Crippen LogP contribution in [0.4, 0.5) is 4.39 Å². The molecule has 0 radical (unpaired) electrons. The molecule has 3 aromatic rings. The number of carboxylic acids is 1. The fourth-order valence-electron chi connectivity index (χ4n) is 7.23. The second-order valence-electron chi connectivity index (χ2n) is 12.6. The smallest absolute Gasteiger partial charge is 0.310 e. The summed E-state index contributed by atoms with van der Waals surface area (Å²) in [6.45, 7) is 6.73. The van der Waals surface area contributed by atoms with Crippen LogP contribution in [0.5, 0.6) is 11.5 Å². The molecule has 0 heterocycles. The highest BCUT2D eigenvalue weighted by Gasteiger charge is 2.70. The van der Waals surface area contributed by atoms with Gasteiger partial charge < -0.3 is 14.6 Å². The summed E-state index contributed by atoms with van der Waals surface area (Å²) < 4.78 is 26.8. The van der Waals surface area contributed by atoms with Crippen molar-refractivity contribution in [2.75, 3.05) is 7.11 Å². The van der Waals surface area contributed by atoms with Crippen LogP contribution in [0, 0.1) is 16.6 Å². The van der Waals surface area contributed by atoms with Gasteiger partial charge in [-0.05, 0) is 121 Å². The second-order valence-corrected chi connectivity index (χ2v) is 12.6. The fourth-order valence-corrected chi connectivity index (χ4v) is 7.23. The van der Waals surface area contributed by atoms with Crippen LogP contribution >= 0.6 is 0 Å². The van der Waals surface area contributed by atoms with Gasteiger partial charge in [0, 0.05) is 11.0 Å². The molecule has 1 spiro atoms. The lowest BCUT2D eigenvalue weighted by Gasteiger charge is -2.29. The van der Waals surface area contributed by atoms with Gasteiger partial charge in [0.1, 0.15) is 23.9 Å². The molecule has 1 fully saturated rings. The summed E-state index contributed by atoms with van der Waals surface area (Å²) in [5.74, 6) is 0.383.